The molecule has 5 nitrogen and oxygen atoms in total. The van der Waals surface area contributed by atoms with E-state index in [1.165, 1.54) is 7.11 Å². The molecule has 0 amide bonds. The molecule has 1 aromatic heterocycles. The number of anilines is 1. The lowest BCUT2D eigenvalue weighted by Gasteiger charge is -2.08. The molecule has 1 rings (SSSR count). The highest BCUT2D eigenvalue weighted by molar-refractivity contribution is 5.72. The van der Waals surface area contributed by atoms with Crippen molar-refractivity contribution in [2.75, 3.05) is 19.0 Å². The van der Waals surface area contributed by atoms with Crippen molar-refractivity contribution in [3.8, 4) is 0 Å². The molecule has 1 N–H and O–H groups in total. The van der Waals surface area contributed by atoms with Crippen LogP contribution in [0.2, 0.25) is 0 Å². The SMILES string of the molecule is COC(=O)C(C)CNc1cc(C)on1. The molecular formula is C9H14N2O3. The Kier molecular flexibility index (Phi) is 3.50. The largest absolute Gasteiger partial charge is 0.469 e. The number of hydrogen-bond acceptors (Lipinski definition) is 5. The minimum atomic E-state index is -0.238. The van der Waals surface area contributed by atoms with E-state index in [2.05, 4.69) is 15.2 Å². The molecule has 0 bridgehead atoms. The van der Waals surface area contributed by atoms with Crippen molar-refractivity contribution in [2.24, 2.45) is 5.92 Å². The van der Waals surface area contributed by atoms with Gasteiger partial charge in [-0.3, -0.25) is 4.79 Å². The highest BCUT2D eigenvalue weighted by Gasteiger charge is 2.12. The van der Waals surface area contributed by atoms with E-state index in [0.717, 1.165) is 5.76 Å². The topological polar surface area (TPSA) is 64.4 Å². The number of methoxy groups -OCH3 is 1. The summed E-state index contributed by atoms with van der Waals surface area (Å²) < 4.78 is 9.44. The first-order valence-electron chi connectivity index (χ1n) is 4.38. The van der Waals surface area contributed by atoms with Gasteiger partial charge in [0.2, 0.25) is 0 Å². The fourth-order valence-electron chi connectivity index (χ4n) is 0.992. The molecule has 0 aliphatic carbocycles. The van der Waals surface area contributed by atoms with Crippen molar-refractivity contribution in [3.05, 3.63) is 11.8 Å². The molecule has 0 aliphatic rings. The lowest BCUT2D eigenvalue weighted by atomic mass is 10.2. The van der Waals surface area contributed by atoms with Gasteiger partial charge in [0.25, 0.3) is 0 Å². The van der Waals surface area contributed by atoms with Crippen LogP contribution < -0.4 is 5.32 Å². The number of carbonyl (C=O) groups is 1. The summed E-state index contributed by atoms with van der Waals surface area (Å²) in [5.41, 5.74) is 0. The van der Waals surface area contributed by atoms with Crippen LogP contribution in [0.3, 0.4) is 0 Å². The number of carbonyl (C=O) groups excluding carboxylic acids is 1. The molecule has 14 heavy (non-hydrogen) atoms. The normalized spacial score (nSPS) is 12.2. The Bertz CT molecular complexity index is 309. The second-order valence-corrected chi connectivity index (χ2v) is 3.13. The molecule has 1 aromatic rings. The van der Waals surface area contributed by atoms with E-state index in [1.807, 2.05) is 6.92 Å². The second-order valence-electron chi connectivity index (χ2n) is 3.13. The van der Waals surface area contributed by atoms with Crippen molar-refractivity contribution in [1.82, 2.24) is 5.16 Å². The zero-order valence-electron chi connectivity index (χ0n) is 8.53. The van der Waals surface area contributed by atoms with Gasteiger partial charge in [-0.25, -0.2) is 0 Å². The van der Waals surface area contributed by atoms with Gasteiger partial charge < -0.3 is 14.6 Å². The Labute approximate surface area is 82.4 Å². The average molecular weight is 198 g/mol. The van der Waals surface area contributed by atoms with Gasteiger partial charge in [0.15, 0.2) is 5.82 Å². The van der Waals surface area contributed by atoms with Crippen LogP contribution in [-0.2, 0) is 9.53 Å². The second kappa shape index (κ2) is 4.64. The van der Waals surface area contributed by atoms with E-state index >= 15 is 0 Å². The maximum atomic E-state index is 11.0. The van der Waals surface area contributed by atoms with Crippen molar-refractivity contribution in [3.63, 3.8) is 0 Å². The average Bonchev–Trinajstić information content (AvgIpc) is 2.59. The first-order chi connectivity index (χ1) is 6.63. The molecular weight excluding hydrogens is 184 g/mol. The van der Waals surface area contributed by atoms with Crippen LogP contribution in [-0.4, -0.2) is 24.8 Å². The van der Waals surface area contributed by atoms with Crippen molar-refractivity contribution in [2.45, 2.75) is 13.8 Å². The summed E-state index contributed by atoms with van der Waals surface area (Å²) in [4.78, 5) is 11.0. The van der Waals surface area contributed by atoms with Crippen LogP contribution in [0.4, 0.5) is 5.82 Å². The van der Waals surface area contributed by atoms with Crippen molar-refractivity contribution in [1.29, 1.82) is 0 Å². The van der Waals surface area contributed by atoms with Gasteiger partial charge in [-0.15, -0.1) is 0 Å². The Hall–Kier alpha value is -1.52. The highest BCUT2D eigenvalue weighted by Crippen LogP contribution is 2.08. The van der Waals surface area contributed by atoms with Gasteiger partial charge in [0.1, 0.15) is 5.76 Å². The van der Waals surface area contributed by atoms with Crippen LogP contribution in [0, 0.1) is 12.8 Å². The van der Waals surface area contributed by atoms with Gasteiger partial charge in [-0.05, 0) is 6.92 Å². The van der Waals surface area contributed by atoms with Crippen LogP contribution >= 0.6 is 0 Å². The molecule has 0 saturated heterocycles. The first-order valence-corrected chi connectivity index (χ1v) is 4.38. The zero-order chi connectivity index (χ0) is 10.6. The van der Waals surface area contributed by atoms with Gasteiger partial charge in [0.05, 0.1) is 13.0 Å². The highest BCUT2D eigenvalue weighted by atomic mass is 16.5. The molecule has 0 saturated carbocycles. The van der Waals surface area contributed by atoms with Gasteiger partial charge in [-0.1, -0.05) is 12.1 Å². The Balaban J connectivity index is 2.37. The third-order valence-corrected chi connectivity index (χ3v) is 1.82. The summed E-state index contributed by atoms with van der Waals surface area (Å²) >= 11 is 0. The summed E-state index contributed by atoms with van der Waals surface area (Å²) in [6.45, 7) is 4.08. The molecule has 1 unspecified atom stereocenters. The lowest BCUT2D eigenvalue weighted by Crippen LogP contribution is -2.21. The predicted molar refractivity (Wildman–Crippen MR) is 50.9 cm³/mol. The molecule has 1 heterocycles. The van der Waals surface area contributed by atoms with Gasteiger partial charge >= 0.3 is 5.97 Å². The number of rotatable bonds is 4. The third kappa shape index (κ3) is 2.76. The minimum absolute atomic E-state index is 0.197. The molecule has 0 fully saturated rings. The summed E-state index contributed by atoms with van der Waals surface area (Å²) in [7, 11) is 1.37. The number of aryl methyl sites for hydroxylation is 1. The van der Waals surface area contributed by atoms with E-state index in [0.29, 0.717) is 12.4 Å². The Morgan fingerprint density at radius 1 is 1.79 bits per heavy atom. The number of esters is 1. The fraction of sp³-hybridized carbons (Fsp3) is 0.556. The monoisotopic (exact) mass is 198 g/mol. The quantitative estimate of drug-likeness (QED) is 0.736. The lowest BCUT2D eigenvalue weighted by molar-refractivity contribution is -0.144. The maximum Gasteiger partial charge on any atom is 0.310 e. The van der Waals surface area contributed by atoms with Crippen LogP contribution in [0.1, 0.15) is 12.7 Å². The number of nitrogens with one attached hydrogen (secondary N) is 1. The third-order valence-electron chi connectivity index (χ3n) is 1.82. The van der Waals surface area contributed by atoms with E-state index in [9.17, 15) is 4.79 Å². The van der Waals surface area contributed by atoms with Gasteiger partial charge in [-0.2, -0.15) is 0 Å². The van der Waals surface area contributed by atoms with E-state index in [1.54, 1.807) is 13.0 Å². The summed E-state index contributed by atoms with van der Waals surface area (Å²) in [5, 5.41) is 6.71. The summed E-state index contributed by atoms with van der Waals surface area (Å²) in [5.74, 6) is 0.936. The van der Waals surface area contributed by atoms with Crippen LogP contribution in [0.15, 0.2) is 10.6 Å². The van der Waals surface area contributed by atoms with E-state index in [-0.39, 0.29) is 11.9 Å². The van der Waals surface area contributed by atoms with Gasteiger partial charge in [0, 0.05) is 12.6 Å². The molecule has 0 aromatic carbocycles. The zero-order valence-corrected chi connectivity index (χ0v) is 8.53. The first kappa shape index (κ1) is 10.6. The van der Waals surface area contributed by atoms with Crippen LogP contribution in [0.5, 0.6) is 0 Å². The Morgan fingerprint density at radius 3 is 3.00 bits per heavy atom. The summed E-state index contributed by atoms with van der Waals surface area (Å²) in [6.07, 6.45) is 0. The maximum absolute atomic E-state index is 11.0. The standard InChI is InChI=1S/C9H14N2O3/c1-6(9(12)13-3)5-10-8-4-7(2)14-11-8/h4,6H,5H2,1-3H3,(H,10,11). The molecule has 0 spiro atoms. The van der Waals surface area contributed by atoms with Crippen molar-refractivity contribution >= 4 is 11.8 Å². The van der Waals surface area contributed by atoms with Crippen LogP contribution in [0.25, 0.3) is 0 Å². The Morgan fingerprint density at radius 2 is 2.50 bits per heavy atom. The van der Waals surface area contributed by atoms with E-state index in [4.69, 9.17) is 4.52 Å². The predicted octanol–water partition coefficient (Wildman–Crippen LogP) is 1.20. The van der Waals surface area contributed by atoms with Crippen molar-refractivity contribution < 1.29 is 14.1 Å². The molecule has 78 valence electrons. The number of nitrogens with zero attached hydrogens (tertiary/aromatic N) is 1. The van der Waals surface area contributed by atoms with E-state index < -0.39 is 0 Å². The minimum Gasteiger partial charge on any atom is -0.469 e. The number of aromatic nitrogens is 1. The molecule has 0 aliphatic heterocycles. The number of ether oxygens (including phenoxy) is 1. The molecule has 0 radical (unpaired) electrons. The molecule has 1 atom stereocenters. The number of hydrogen-bond donors (Lipinski definition) is 1. The fourth-order valence-corrected chi connectivity index (χ4v) is 0.992. The summed E-state index contributed by atoms with van der Waals surface area (Å²) in [6, 6.07) is 1.77. The smallest absolute Gasteiger partial charge is 0.310 e. The molecule has 5 heteroatoms.